The van der Waals surface area contributed by atoms with Gasteiger partial charge in [-0.25, -0.2) is 0 Å². The van der Waals surface area contributed by atoms with E-state index in [2.05, 4.69) is 41.4 Å². The molecule has 0 aliphatic carbocycles. The average Bonchev–Trinajstić information content (AvgIpc) is 2.70. The van der Waals surface area contributed by atoms with Gasteiger partial charge in [0.05, 0.1) is 6.54 Å². The van der Waals surface area contributed by atoms with Crippen molar-refractivity contribution in [1.82, 2.24) is 15.1 Å². The number of likely N-dealkylation sites (N-methyl/N-ethyl adjacent to an activating group) is 1. The van der Waals surface area contributed by atoms with Crippen LogP contribution in [0.3, 0.4) is 0 Å². The fourth-order valence-electron chi connectivity index (χ4n) is 4.32. The van der Waals surface area contributed by atoms with Crippen molar-refractivity contribution in [2.45, 2.75) is 32.2 Å². The molecule has 1 amide bonds. The lowest BCUT2D eigenvalue weighted by Crippen LogP contribution is -2.44. The van der Waals surface area contributed by atoms with E-state index in [9.17, 15) is 4.79 Å². The number of carbonyl (C=O) groups is 1. The van der Waals surface area contributed by atoms with Crippen molar-refractivity contribution >= 4 is 16.7 Å². The lowest BCUT2D eigenvalue weighted by Gasteiger charge is -2.37. The number of rotatable bonds is 4. The minimum absolute atomic E-state index is 0.0347. The van der Waals surface area contributed by atoms with E-state index in [4.69, 9.17) is 0 Å². The Kier molecular flexibility index (Phi) is 5.49. The van der Waals surface area contributed by atoms with Crippen LogP contribution in [-0.2, 0) is 0 Å². The van der Waals surface area contributed by atoms with Gasteiger partial charge in [-0.2, -0.15) is 0 Å². The summed E-state index contributed by atoms with van der Waals surface area (Å²) in [7, 11) is 2.22. The maximum atomic E-state index is 13.0. The van der Waals surface area contributed by atoms with Gasteiger partial charge in [0.1, 0.15) is 0 Å². The van der Waals surface area contributed by atoms with E-state index in [0.717, 1.165) is 35.1 Å². The van der Waals surface area contributed by atoms with Gasteiger partial charge in [-0.3, -0.25) is 4.79 Å². The summed E-state index contributed by atoms with van der Waals surface area (Å²) in [5.41, 5.74) is 2.88. The Morgan fingerprint density at radius 2 is 1.96 bits per heavy atom. The predicted octanol–water partition coefficient (Wildman–Crippen LogP) is 4.08. The molecule has 1 fully saturated rings. The summed E-state index contributed by atoms with van der Waals surface area (Å²) < 4.78 is 0. The molecule has 0 saturated carbocycles. The van der Waals surface area contributed by atoms with Crippen LogP contribution >= 0.6 is 0 Å². The summed E-state index contributed by atoms with van der Waals surface area (Å²) >= 11 is 0. The second kappa shape index (κ2) is 8.19. The first kappa shape index (κ1) is 18.8. The molecular weight excluding hydrogens is 346 g/mol. The van der Waals surface area contributed by atoms with E-state index >= 15 is 0 Å². The summed E-state index contributed by atoms with van der Waals surface area (Å²) in [6, 6.07) is 12.7. The molecule has 2 aromatic carbocycles. The molecule has 1 N–H and O–H groups in total. The molecule has 146 valence electrons. The highest BCUT2D eigenvalue weighted by molar-refractivity contribution is 6.08. The van der Waals surface area contributed by atoms with Crippen LogP contribution in [0.4, 0.5) is 0 Å². The normalized spacial score (nSPS) is 20.3. The molecule has 28 heavy (non-hydrogen) atoms. The van der Waals surface area contributed by atoms with Gasteiger partial charge >= 0.3 is 0 Å². The van der Waals surface area contributed by atoms with Crippen LogP contribution in [0.15, 0.2) is 60.4 Å². The molecule has 2 heterocycles. The first-order valence-electron chi connectivity index (χ1n) is 10.2. The van der Waals surface area contributed by atoms with Crippen LogP contribution in [0.2, 0.25) is 0 Å². The van der Waals surface area contributed by atoms with E-state index in [0.29, 0.717) is 6.04 Å². The molecule has 4 heteroatoms. The summed E-state index contributed by atoms with van der Waals surface area (Å²) in [5.74, 6) is -0.0347. The number of piperidine rings is 1. The zero-order valence-electron chi connectivity index (χ0n) is 16.8. The van der Waals surface area contributed by atoms with Crippen molar-refractivity contribution in [2.75, 3.05) is 26.7 Å². The van der Waals surface area contributed by atoms with Crippen molar-refractivity contribution < 1.29 is 4.79 Å². The third-order valence-electron chi connectivity index (χ3n) is 6.00. The topological polar surface area (TPSA) is 35.6 Å². The van der Waals surface area contributed by atoms with Gasteiger partial charge in [0.15, 0.2) is 0 Å². The molecule has 0 spiro atoms. The number of allylic oxidation sites excluding steroid dienone is 2. The molecule has 0 bridgehead atoms. The first-order chi connectivity index (χ1) is 13.6. The van der Waals surface area contributed by atoms with Crippen LogP contribution in [-0.4, -0.2) is 48.4 Å². The van der Waals surface area contributed by atoms with Crippen molar-refractivity contribution in [1.29, 1.82) is 0 Å². The molecular formula is C24H29N3O. The lowest BCUT2D eigenvalue weighted by molar-refractivity contribution is 0.0962. The van der Waals surface area contributed by atoms with Crippen molar-refractivity contribution in [3.05, 3.63) is 71.6 Å². The standard InChI is InChI=1S/C24H29N3O/c1-18-12-13-23(22-11-4-3-10-21(18)22)24(28)25-19-8-7-15-27(16-19)17-20-9-5-6-14-26(20)2/h3-4,7-8,10-13,15,20H,5-6,9,14,16-17H2,1-2H3,(H,25,28). The minimum Gasteiger partial charge on any atom is -0.370 e. The third kappa shape index (κ3) is 3.97. The van der Waals surface area contributed by atoms with Crippen molar-refractivity contribution in [3.63, 3.8) is 0 Å². The van der Waals surface area contributed by atoms with Gasteiger partial charge in [-0.05, 0) is 74.1 Å². The molecule has 4 nitrogen and oxygen atoms in total. The second-order valence-electron chi connectivity index (χ2n) is 8.02. The lowest BCUT2D eigenvalue weighted by atomic mass is 10.00. The van der Waals surface area contributed by atoms with Crippen molar-refractivity contribution in [2.24, 2.45) is 0 Å². The Hall–Kier alpha value is -2.59. The number of nitrogens with zero attached hydrogens (tertiary/aromatic N) is 2. The van der Waals surface area contributed by atoms with E-state index in [-0.39, 0.29) is 5.91 Å². The van der Waals surface area contributed by atoms with Gasteiger partial charge < -0.3 is 15.1 Å². The number of likely N-dealkylation sites (tertiary alicyclic amines) is 1. The van der Waals surface area contributed by atoms with E-state index < -0.39 is 0 Å². The Morgan fingerprint density at radius 3 is 2.79 bits per heavy atom. The zero-order valence-corrected chi connectivity index (χ0v) is 16.8. The number of nitrogens with one attached hydrogen (secondary N) is 1. The van der Waals surface area contributed by atoms with Crippen LogP contribution in [0.5, 0.6) is 0 Å². The molecule has 0 aromatic heterocycles. The number of hydrogen-bond acceptors (Lipinski definition) is 3. The molecule has 2 aliphatic heterocycles. The Labute approximate surface area is 167 Å². The number of benzene rings is 2. The summed E-state index contributed by atoms with van der Waals surface area (Å²) in [6.45, 7) is 5.02. The van der Waals surface area contributed by atoms with E-state index in [1.165, 1.54) is 31.4 Å². The highest BCUT2D eigenvalue weighted by Crippen LogP contribution is 2.23. The average molecular weight is 376 g/mol. The second-order valence-corrected chi connectivity index (χ2v) is 8.02. The maximum Gasteiger partial charge on any atom is 0.256 e. The van der Waals surface area contributed by atoms with Crippen LogP contribution in [0.1, 0.15) is 35.2 Å². The summed E-state index contributed by atoms with van der Waals surface area (Å²) in [4.78, 5) is 17.8. The fraction of sp³-hybridized carbons (Fsp3) is 0.375. The maximum absolute atomic E-state index is 13.0. The molecule has 1 atom stereocenters. The minimum atomic E-state index is -0.0347. The van der Waals surface area contributed by atoms with Gasteiger partial charge in [0.2, 0.25) is 0 Å². The number of amides is 1. The van der Waals surface area contributed by atoms with Gasteiger partial charge in [-0.15, -0.1) is 0 Å². The smallest absolute Gasteiger partial charge is 0.256 e. The van der Waals surface area contributed by atoms with E-state index in [1.807, 2.05) is 42.5 Å². The summed E-state index contributed by atoms with van der Waals surface area (Å²) in [5, 5.41) is 5.28. The Balaban J connectivity index is 1.45. The van der Waals surface area contributed by atoms with Crippen LogP contribution < -0.4 is 5.32 Å². The van der Waals surface area contributed by atoms with Gasteiger partial charge in [0, 0.05) is 23.8 Å². The van der Waals surface area contributed by atoms with E-state index in [1.54, 1.807) is 0 Å². The number of aryl methyl sites for hydroxylation is 1. The number of fused-ring (bicyclic) bond motifs is 1. The Morgan fingerprint density at radius 1 is 1.14 bits per heavy atom. The van der Waals surface area contributed by atoms with Gasteiger partial charge in [0.25, 0.3) is 5.91 Å². The largest absolute Gasteiger partial charge is 0.370 e. The van der Waals surface area contributed by atoms with Gasteiger partial charge in [-0.1, -0.05) is 36.8 Å². The first-order valence-corrected chi connectivity index (χ1v) is 10.2. The third-order valence-corrected chi connectivity index (χ3v) is 6.00. The number of carbonyl (C=O) groups excluding carboxylic acids is 1. The van der Waals surface area contributed by atoms with Crippen LogP contribution in [0, 0.1) is 6.92 Å². The SMILES string of the molecule is Cc1ccc(C(=O)NC2=CC=CN(CC3CCCCN3C)C2)c2ccccc12. The molecule has 1 unspecified atom stereocenters. The quantitative estimate of drug-likeness (QED) is 0.875. The van der Waals surface area contributed by atoms with Crippen molar-refractivity contribution in [3.8, 4) is 0 Å². The zero-order chi connectivity index (χ0) is 19.5. The molecule has 0 radical (unpaired) electrons. The number of hydrogen-bond donors (Lipinski definition) is 1. The highest BCUT2D eigenvalue weighted by atomic mass is 16.1. The monoisotopic (exact) mass is 375 g/mol. The fourth-order valence-corrected chi connectivity index (χ4v) is 4.32. The predicted molar refractivity (Wildman–Crippen MR) is 115 cm³/mol. The Bertz CT molecular complexity index is 931. The highest BCUT2D eigenvalue weighted by Gasteiger charge is 2.22. The van der Waals surface area contributed by atoms with Crippen LogP contribution in [0.25, 0.3) is 10.8 Å². The molecule has 2 aliphatic rings. The molecule has 2 aromatic rings. The summed E-state index contributed by atoms with van der Waals surface area (Å²) in [6.07, 6.45) is 10.0. The molecule has 4 rings (SSSR count). The molecule has 1 saturated heterocycles.